The van der Waals surface area contributed by atoms with Crippen molar-refractivity contribution in [2.45, 2.75) is 38.4 Å². The third kappa shape index (κ3) is 2.30. The molecule has 1 heterocycles. The lowest BCUT2D eigenvalue weighted by Gasteiger charge is -2.10. The third-order valence-corrected chi connectivity index (χ3v) is 2.69. The Bertz CT molecular complexity index is 302. The van der Waals surface area contributed by atoms with Crippen LogP contribution in [-0.2, 0) is 13.1 Å². The Kier molecular flexibility index (Phi) is 2.52. The molecule has 0 saturated heterocycles. The van der Waals surface area contributed by atoms with Gasteiger partial charge in [0, 0.05) is 24.8 Å². The van der Waals surface area contributed by atoms with Crippen molar-refractivity contribution in [3.8, 4) is 0 Å². The monoisotopic (exact) mass is 195 g/mol. The summed E-state index contributed by atoms with van der Waals surface area (Å²) in [6.07, 6.45) is 4.48. The van der Waals surface area contributed by atoms with Gasteiger partial charge in [-0.25, -0.2) is 0 Å². The number of nitrogens with two attached hydrogens (primary N) is 1. The lowest BCUT2D eigenvalue weighted by Crippen LogP contribution is -2.31. The molecular formula is C9H17N5. The lowest BCUT2D eigenvalue weighted by molar-refractivity contribution is 0.480. The summed E-state index contributed by atoms with van der Waals surface area (Å²) < 4.78 is 1.83. The highest BCUT2D eigenvalue weighted by molar-refractivity contribution is 4.97. The van der Waals surface area contributed by atoms with Crippen LogP contribution in [-0.4, -0.2) is 27.1 Å². The maximum absolute atomic E-state index is 5.44. The quantitative estimate of drug-likeness (QED) is 0.687. The number of aromatic nitrogens is 3. The second-order valence-electron chi connectivity index (χ2n) is 4.16. The molecule has 1 fully saturated rings. The molecule has 0 atom stereocenters. The number of nitrogens with zero attached hydrogens (tertiary/aromatic N) is 3. The highest BCUT2D eigenvalue weighted by atomic mass is 15.4. The second kappa shape index (κ2) is 3.67. The zero-order valence-electron chi connectivity index (χ0n) is 8.53. The van der Waals surface area contributed by atoms with Crippen molar-refractivity contribution in [2.75, 3.05) is 6.54 Å². The molecule has 0 aromatic carbocycles. The van der Waals surface area contributed by atoms with Crippen molar-refractivity contribution in [3.63, 3.8) is 0 Å². The molecule has 1 aromatic heterocycles. The van der Waals surface area contributed by atoms with E-state index in [1.807, 2.05) is 10.9 Å². The fourth-order valence-corrected chi connectivity index (χ4v) is 1.38. The molecule has 5 heteroatoms. The first-order valence-electron chi connectivity index (χ1n) is 5.06. The maximum atomic E-state index is 5.44. The predicted octanol–water partition coefficient (Wildman–Crippen LogP) is -0.121. The van der Waals surface area contributed by atoms with E-state index in [0.29, 0.717) is 12.1 Å². The summed E-state index contributed by atoms with van der Waals surface area (Å²) in [4.78, 5) is 0. The zero-order chi connectivity index (χ0) is 10.0. The number of hydrogen-bond donors (Lipinski definition) is 2. The van der Waals surface area contributed by atoms with Crippen molar-refractivity contribution in [3.05, 3.63) is 11.9 Å². The van der Waals surface area contributed by atoms with Crippen molar-refractivity contribution in [1.82, 2.24) is 20.3 Å². The van der Waals surface area contributed by atoms with Gasteiger partial charge in [-0.1, -0.05) is 5.21 Å². The highest BCUT2D eigenvalue weighted by Gasteiger charge is 2.36. The topological polar surface area (TPSA) is 68.8 Å². The molecular weight excluding hydrogens is 178 g/mol. The third-order valence-electron chi connectivity index (χ3n) is 2.69. The van der Waals surface area contributed by atoms with Crippen LogP contribution < -0.4 is 11.1 Å². The van der Waals surface area contributed by atoms with Gasteiger partial charge in [0.05, 0.1) is 12.2 Å². The van der Waals surface area contributed by atoms with Gasteiger partial charge >= 0.3 is 0 Å². The summed E-state index contributed by atoms with van der Waals surface area (Å²) in [6, 6.07) is 0. The van der Waals surface area contributed by atoms with E-state index in [1.54, 1.807) is 0 Å². The van der Waals surface area contributed by atoms with Crippen molar-refractivity contribution in [2.24, 2.45) is 5.73 Å². The number of rotatable bonds is 5. The first kappa shape index (κ1) is 9.61. The minimum atomic E-state index is 0.400. The fourth-order valence-electron chi connectivity index (χ4n) is 1.38. The van der Waals surface area contributed by atoms with E-state index in [1.165, 1.54) is 12.8 Å². The van der Waals surface area contributed by atoms with Crippen LogP contribution in [0.1, 0.15) is 25.5 Å². The summed E-state index contributed by atoms with van der Waals surface area (Å²) in [6.45, 7) is 4.53. The van der Waals surface area contributed by atoms with Crippen LogP contribution in [0.2, 0.25) is 0 Å². The van der Waals surface area contributed by atoms with E-state index < -0.39 is 0 Å². The first-order valence-corrected chi connectivity index (χ1v) is 5.06. The van der Waals surface area contributed by atoms with Gasteiger partial charge < -0.3 is 11.1 Å². The van der Waals surface area contributed by atoms with Gasteiger partial charge in [-0.15, -0.1) is 5.10 Å². The summed E-state index contributed by atoms with van der Waals surface area (Å²) in [5, 5.41) is 11.4. The molecule has 1 aliphatic carbocycles. The van der Waals surface area contributed by atoms with Crippen LogP contribution in [0.15, 0.2) is 6.20 Å². The van der Waals surface area contributed by atoms with E-state index in [2.05, 4.69) is 22.6 Å². The standard InChI is InChI=1S/C9H17N5/c1-9(2-3-9)11-4-5-14-7-8(6-10)12-13-14/h7,11H,2-6,10H2,1H3. The Morgan fingerprint density at radius 3 is 3.00 bits per heavy atom. The molecule has 0 spiro atoms. The van der Waals surface area contributed by atoms with Crippen LogP contribution >= 0.6 is 0 Å². The average molecular weight is 195 g/mol. The largest absolute Gasteiger partial charge is 0.325 e. The Hall–Kier alpha value is -0.940. The smallest absolute Gasteiger partial charge is 0.0962 e. The van der Waals surface area contributed by atoms with Gasteiger partial charge in [0.25, 0.3) is 0 Å². The lowest BCUT2D eigenvalue weighted by atomic mass is 10.3. The summed E-state index contributed by atoms with van der Waals surface area (Å²) >= 11 is 0. The molecule has 3 N–H and O–H groups in total. The van der Waals surface area contributed by atoms with Crippen LogP contribution in [0.25, 0.3) is 0 Å². The minimum absolute atomic E-state index is 0.400. The van der Waals surface area contributed by atoms with Crippen molar-refractivity contribution >= 4 is 0 Å². The summed E-state index contributed by atoms with van der Waals surface area (Å²) in [7, 11) is 0. The molecule has 0 aliphatic heterocycles. The predicted molar refractivity (Wildman–Crippen MR) is 53.6 cm³/mol. The van der Waals surface area contributed by atoms with Gasteiger partial charge in [-0.2, -0.15) is 0 Å². The molecule has 0 amide bonds. The van der Waals surface area contributed by atoms with Crippen LogP contribution in [0.5, 0.6) is 0 Å². The normalized spacial score (nSPS) is 18.4. The molecule has 0 unspecified atom stereocenters. The van der Waals surface area contributed by atoms with Crippen LogP contribution in [0.3, 0.4) is 0 Å². The molecule has 0 radical (unpaired) electrons. The summed E-state index contributed by atoms with van der Waals surface area (Å²) in [5.41, 5.74) is 6.69. The molecule has 1 aliphatic rings. The van der Waals surface area contributed by atoms with Crippen molar-refractivity contribution in [1.29, 1.82) is 0 Å². The fraction of sp³-hybridized carbons (Fsp3) is 0.778. The van der Waals surface area contributed by atoms with E-state index in [4.69, 9.17) is 5.73 Å². The zero-order valence-corrected chi connectivity index (χ0v) is 8.53. The average Bonchev–Trinajstić information content (AvgIpc) is 2.75. The van der Waals surface area contributed by atoms with Gasteiger partial charge in [0.15, 0.2) is 0 Å². The van der Waals surface area contributed by atoms with Gasteiger partial charge in [0.2, 0.25) is 0 Å². The Labute approximate surface area is 83.7 Å². The Balaban J connectivity index is 1.74. The molecule has 5 nitrogen and oxygen atoms in total. The van der Waals surface area contributed by atoms with Gasteiger partial charge in [-0.3, -0.25) is 4.68 Å². The molecule has 78 valence electrons. The molecule has 1 aromatic rings. The van der Waals surface area contributed by atoms with Crippen molar-refractivity contribution < 1.29 is 0 Å². The summed E-state index contributed by atoms with van der Waals surface area (Å²) in [5.74, 6) is 0. The van der Waals surface area contributed by atoms with Gasteiger partial charge in [0.1, 0.15) is 0 Å². The molecule has 2 rings (SSSR count). The minimum Gasteiger partial charge on any atom is -0.325 e. The van der Waals surface area contributed by atoms with E-state index in [9.17, 15) is 0 Å². The molecule has 1 saturated carbocycles. The second-order valence-corrected chi connectivity index (χ2v) is 4.16. The highest BCUT2D eigenvalue weighted by Crippen LogP contribution is 2.33. The van der Waals surface area contributed by atoms with E-state index in [-0.39, 0.29) is 0 Å². The number of hydrogen-bond acceptors (Lipinski definition) is 4. The van der Waals surface area contributed by atoms with E-state index in [0.717, 1.165) is 18.8 Å². The Morgan fingerprint density at radius 1 is 1.64 bits per heavy atom. The number of nitrogens with one attached hydrogen (secondary N) is 1. The van der Waals surface area contributed by atoms with Gasteiger partial charge in [-0.05, 0) is 19.8 Å². The Morgan fingerprint density at radius 2 is 2.43 bits per heavy atom. The maximum Gasteiger partial charge on any atom is 0.0962 e. The first-order chi connectivity index (χ1) is 6.72. The van der Waals surface area contributed by atoms with E-state index >= 15 is 0 Å². The SMILES string of the molecule is CC1(NCCn2cc(CN)nn2)CC1. The molecule has 0 bridgehead atoms. The molecule has 14 heavy (non-hydrogen) atoms. The van der Waals surface area contributed by atoms with Crippen LogP contribution in [0, 0.1) is 0 Å². The van der Waals surface area contributed by atoms with Crippen LogP contribution in [0.4, 0.5) is 0 Å².